The maximum Gasteiger partial charge on any atom is 0.185 e. The third-order valence-electron chi connectivity index (χ3n) is 21.3. The van der Waals surface area contributed by atoms with Gasteiger partial charge in [-0.2, -0.15) is 0 Å². The topological polar surface area (TPSA) is 194 Å². The van der Waals surface area contributed by atoms with E-state index < -0.39 is 0 Å². The Morgan fingerprint density at radius 1 is 0.256 bits per heavy atom. The number of carbonyl (C=O) groups is 3. The summed E-state index contributed by atoms with van der Waals surface area (Å²) in [6, 6.07) is 86.2. The lowest BCUT2D eigenvalue weighted by Crippen LogP contribution is -2.01. The summed E-state index contributed by atoms with van der Waals surface area (Å²) in [5, 5.41) is 4.47. The van der Waals surface area contributed by atoms with Crippen molar-refractivity contribution in [3.05, 3.63) is 315 Å². The van der Waals surface area contributed by atoms with Gasteiger partial charge in [-0.3, -0.25) is 14.4 Å². The highest BCUT2D eigenvalue weighted by Crippen LogP contribution is 2.45. The molecule has 0 amide bonds. The molecule has 14 aromatic rings. The minimum Gasteiger partial charge on any atom is -0.493 e. The molecule has 4 N–H and O–H groups in total. The van der Waals surface area contributed by atoms with Gasteiger partial charge in [-0.25, -0.2) is 19.9 Å². The van der Waals surface area contributed by atoms with Gasteiger partial charge in [-0.1, -0.05) is 199 Å². The lowest BCUT2D eigenvalue weighted by molar-refractivity contribution is -0.109. The van der Waals surface area contributed by atoms with E-state index in [0.717, 1.165) is 200 Å². The smallest absolute Gasteiger partial charge is 0.185 e. The first-order valence-corrected chi connectivity index (χ1v) is 41.8. The van der Waals surface area contributed by atoms with Gasteiger partial charge in [0.2, 0.25) is 0 Å². The largest absolute Gasteiger partial charge is 0.493 e. The molecule has 0 atom stereocenters. The predicted octanol–water partition coefficient (Wildman–Crippen LogP) is 23.8. The number of nitrogens with one attached hydrogen (secondary N) is 4. The summed E-state index contributed by atoms with van der Waals surface area (Å²) in [6.07, 6.45) is 17.0. The molecular weight excluding hydrogens is 1510 g/mol. The molecule has 16 bridgehead atoms. The first-order valence-electron chi connectivity index (χ1n) is 38.8. The zero-order valence-corrected chi connectivity index (χ0v) is 66.4. The number of hydrogen-bond donors (Lipinski definition) is 4. The van der Waals surface area contributed by atoms with Crippen molar-refractivity contribution in [2.45, 2.75) is 20.8 Å². The van der Waals surface area contributed by atoms with E-state index in [2.05, 4.69) is 275 Å². The molecule has 8 aromatic carbocycles. The zero-order valence-electron chi connectivity index (χ0n) is 64.0. The Bertz CT molecular complexity index is 6990. The zero-order chi connectivity index (χ0) is 79.0. The van der Waals surface area contributed by atoms with E-state index in [1.54, 1.807) is 20.8 Å². The average Bonchev–Trinajstić information content (AvgIpc) is 1.49. The number of hydrogen-bond acceptors (Lipinski definition) is 13. The standard InChI is InChI=1S/C100H74N8O6S3/c1-59(109)115-56-53-112-68-31-25-65(26-32-68)94-81-41-43-83(103-81)95(66-27-33-69(34-28-66)113-54-57-116-60(2)110)85-47-51-89(107-85)100(90-52-48-86(108-90)96(84-44-42-82(94)104-84)67-29-35-70(36-30-67)114-55-58-117-61(3)111)74-24-14-22-72-71-21-13-23-73(97(71)98(72)74)99-87-49-45-79(105-87)92(63-17-9-5-10-18-63)77-39-37-75(101-77)91(62-15-7-4-8-16-62)76-38-40-78(102-76)93(64-19-11-6-12-20-64)80-46-50-88(99)106-80/h4-52,101,103,106,108H,53-58H2,1-3H3. The predicted molar refractivity (Wildman–Crippen MR) is 482 cm³/mol. The van der Waals surface area contributed by atoms with Crippen LogP contribution in [0.4, 0.5) is 0 Å². The molecule has 0 unspecified atom stereocenters. The van der Waals surface area contributed by atoms with Gasteiger partial charge in [0, 0.05) is 127 Å². The number of benzene rings is 8. The fraction of sp³-hybridized carbons (Fsp3) is 0.0900. The summed E-state index contributed by atoms with van der Waals surface area (Å²) < 4.78 is 18.6. The van der Waals surface area contributed by atoms with Gasteiger partial charge in [-0.15, -0.1) is 0 Å². The van der Waals surface area contributed by atoms with Gasteiger partial charge in [-0.05, 0) is 199 Å². The highest BCUT2D eigenvalue weighted by Gasteiger charge is 2.26. The van der Waals surface area contributed by atoms with Gasteiger partial charge >= 0.3 is 0 Å². The van der Waals surface area contributed by atoms with Crippen LogP contribution in [0, 0.1) is 20.9 Å². The number of aromatic amines is 4. The second-order valence-corrected chi connectivity index (χ2v) is 32.5. The molecule has 0 saturated carbocycles. The van der Waals surface area contributed by atoms with Crippen molar-refractivity contribution in [3.63, 3.8) is 0 Å². The fourth-order valence-electron chi connectivity index (χ4n) is 16.2. The molecule has 0 spiro atoms. The Balaban J connectivity index is 0.879. The summed E-state index contributed by atoms with van der Waals surface area (Å²) >= 11 is 3.72. The van der Waals surface area contributed by atoms with Crippen LogP contribution in [0.3, 0.4) is 0 Å². The molecule has 6 aromatic heterocycles. The molecule has 17 heteroatoms. The van der Waals surface area contributed by atoms with E-state index in [4.69, 9.17) is 34.1 Å². The Hall–Kier alpha value is -13.6. The molecule has 5 aliphatic rings. The van der Waals surface area contributed by atoms with Crippen LogP contribution in [0.15, 0.2) is 249 Å². The van der Waals surface area contributed by atoms with Crippen LogP contribution in [0.5, 0.6) is 17.2 Å². The average molecular weight is 1580 g/mol. The van der Waals surface area contributed by atoms with Gasteiger partial charge in [0.1, 0.15) is 17.2 Å². The third kappa shape index (κ3) is 14.7. The quantitative estimate of drug-likeness (QED) is 0.0527. The van der Waals surface area contributed by atoms with E-state index in [9.17, 15) is 14.4 Å². The summed E-state index contributed by atoms with van der Waals surface area (Å²) in [4.78, 5) is 74.5. The van der Waals surface area contributed by atoms with Crippen molar-refractivity contribution in [1.29, 1.82) is 0 Å². The Kier molecular flexibility index (Phi) is 20.1. The highest BCUT2D eigenvalue weighted by atomic mass is 32.2. The number of aromatic nitrogens is 8. The summed E-state index contributed by atoms with van der Waals surface area (Å²) in [5.74, 6) is 3.63. The van der Waals surface area contributed by atoms with Crippen LogP contribution >= 0.6 is 35.3 Å². The van der Waals surface area contributed by atoms with Crippen LogP contribution in [0.1, 0.15) is 66.3 Å². The minimum atomic E-state index is 0.0436. The lowest BCUT2D eigenvalue weighted by Gasteiger charge is -2.16. The number of carbonyl (C=O) groups excluding carboxylic acids is 3. The minimum absolute atomic E-state index is 0.0436. The number of rotatable bonds is 20. The summed E-state index contributed by atoms with van der Waals surface area (Å²) in [7, 11) is 0. The Labute approximate surface area is 686 Å². The summed E-state index contributed by atoms with van der Waals surface area (Å²) in [6.45, 7) is 5.82. The van der Waals surface area contributed by atoms with E-state index >= 15 is 0 Å². The fourth-order valence-corrected chi connectivity index (χ4v) is 17.6. The molecular formula is C100H74N8O6S3. The van der Waals surface area contributed by atoms with E-state index in [-0.39, 0.29) is 15.3 Å². The molecule has 0 radical (unpaired) electrons. The van der Waals surface area contributed by atoms with E-state index in [0.29, 0.717) is 54.3 Å². The number of nitrogens with zero attached hydrogens (tertiary/aromatic N) is 4. The first-order chi connectivity index (χ1) is 57.5. The first kappa shape index (κ1) is 73.6. The number of ether oxygens (including phenoxy) is 3. The Morgan fingerprint density at radius 3 is 0.718 bits per heavy atom. The number of H-pyrrole nitrogens is 4. The monoisotopic (exact) mass is 1580 g/mol. The van der Waals surface area contributed by atoms with E-state index in [1.807, 2.05) is 42.5 Å². The van der Waals surface area contributed by atoms with Crippen molar-refractivity contribution in [1.82, 2.24) is 39.9 Å². The second kappa shape index (κ2) is 32.0. The normalized spacial score (nSPS) is 12.2. The van der Waals surface area contributed by atoms with E-state index in [1.165, 1.54) is 35.3 Å². The molecule has 117 heavy (non-hydrogen) atoms. The van der Waals surface area contributed by atoms with Crippen molar-refractivity contribution in [3.8, 4) is 106 Å². The highest BCUT2D eigenvalue weighted by molar-refractivity contribution is 8.14. The van der Waals surface area contributed by atoms with Gasteiger partial charge in [0.15, 0.2) is 15.3 Å². The maximum atomic E-state index is 11.9. The maximum absolute atomic E-state index is 11.9. The van der Waals surface area contributed by atoms with Crippen LogP contribution in [0.2, 0.25) is 0 Å². The lowest BCUT2D eigenvalue weighted by atomic mass is 9.88. The molecule has 568 valence electrons. The summed E-state index contributed by atoms with van der Waals surface area (Å²) in [5.41, 5.74) is 28.0. The van der Waals surface area contributed by atoms with Crippen LogP contribution in [-0.4, -0.2) is 92.3 Å². The second-order valence-electron chi connectivity index (χ2n) is 28.7. The van der Waals surface area contributed by atoms with Crippen molar-refractivity contribution >= 4 is 143 Å². The Morgan fingerprint density at radius 2 is 0.479 bits per heavy atom. The van der Waals surface area contributed by atoms with Gasteiger partial charge < -0.3 is 34.1 Å². The number of thioether (sulfide) groups is 3. The van der Waals surface area contributed by atoms with Crippen LogP contribution < -0.4 is 14.2 Å². The molecule has 14 nitrogen and oxygen atoms in total. The van der Waals surface area contributed by atoms with Crippen LogP contribution in [0.25, 0.3) is 182 Å². The SMILES string of the molecule is CC(=O)SCCOc1ccc(-c2c3nc(c(-c4ccc(OCCSC(C)=O)cc4)c4ccc([nH]4)c(-c4cccc5c4=c4c(-c6c7nc(c(-c8ccccc8)c8ccc([nH]8)c(-c8ccccc8)c8nc(c(-c9ccccc9)c9ccc6[nH]9)C=C8)C=C7)cccc4=5)c4nc(c(-c5ccc(OCCSC(C)=O)cc5)c5ccc2[nH]5)C=C4)C=C3)cc1. The van der Waals surface area contributed by atoms with Gasteiger partial charge in [0.25, 0.3) is 0 Å². The molecule has 4 aliphatic heterocycles. The molecule has 0 saturated heterocycles. The third-order valence-corrected chi connectivity index (χ3v) is 23.6. The van der Waals surface area contributed by atoms with Crippen LogP contribution in [-0.2, 0) is 14.4 Å². The molecule has 19 rings (SSSR count). The van der Waals surface area contributed by atoms with Crippen molar-refractivity contribution in [2.24, 2.45) is 0 Å². The van der Waals surface area contributed by atoms with Crippen molar-refractivity contribution in [2.75, 3.05) is 37.1 Å². The molecule has 0 fully saturated rings. The molecule has 1 aliphatic carbocycles. The molecule has 10 heterocycles. The van der Waals surface area contributed by atoms with Crippen molar-refractivity contribution < 1.29 is 28.6 Å². The van der Waals surface area contributed by atoms with Gasteiger partial charge in [0.05, 0.1) is 65.4 Å². The number of fused-ring (bicyclic) bond motifs is 18.